The zero-order valence-corrected chi connectivity index (χ0v) is 8.56. The molecule has 0 aliphatic heterocycles. The van der Waals surface area contributed by atoms with Gasteiger partial charge in [0, 0.05) is 26.1 Å². The van der Waals surface area contributed by atoms with Gasteiger partial charge in [-0.05, 0) is 6.42 Å². The molecule has 1 aromatic rings. The minimum atomic E-state index is -0.258. The Balaban J connectivity index is 2.32. The van der Waals surface area contributed by atoms with E-state index in [1.165, 1.54) is 6.92 Å². The van der Waals surface area contributed by atoms with E-state index in [-0.39, 0.29) is 5.97 Å². The summed E-state index contributed by atoms with van der Waals surface area (Å²) in [5.41, 5.74) is 0.861. The monoisotopic (exact) mass is 197 g/mol. The van der Waals surface area contributed by atoms with Crippen molar-refractivity contribution in [3.8, 4) is 0 Å². The molecule has 0 atom stereocenters. The molecular formula is C9H15N3O2. The number of esters is 1. The van der Waals surface area contributed by atoms with E-state index in [1.54, 1.807) is 4.68 Å². The first-order valence-electron chi connectivity index (χ1n) is 4.74. The van der Waals surface area contributed by atoms with E-state index in [0.29, 0.717) is 13.0 Å². The van der Waals surface area contributed by atoms with Crippen LogP contribution in [-0.2, 0) is 22.5 Å². The highest BCUT2D eigenvalue weighted by molar-refractivity contribution is 5.65. The van der Waals surface area contributed by atoms with Crippen LogP contribution in [0.1, 0.15) is 26.0 Å². The van der Waals surface area contributed by atoms with Crippen molar-refractivity contribution in [3.63, 3.8) is 0 Å². The number of aryl methyl sites for hydroxylation is 1. The Morgan fingerprint density at radius 1 is 1.64 bits per heavy atom. The zero-order chi connectivity index (χ0) is 10.4. The first-order chi connectivity index (χ1) is 6.72. The van der Waals surface area contributed by atoms with Gasteiger partial charge in [0.1, 0.15) is 0 Å². The van der Waals surface area contributed by atoms with Gasteiger partial charge in [0.05, 0.1) is 12.3 Å². The molecule has 0 aromatic carbocycles. The molecule has 5 heteroatoms. The third-order valence-corrected chi connectivity index (χ3v) is 1.70. The average molecular weight is 197 g/mol. The molecular weight excluding hydrogens is 182 g/mol. The van der Waals surface area contributed by atoms with Gasteiger partial charge in [-0.15, -0.1) is 5.10 Å². The van der Waals surface area contributed by atoms with E-state index < -0.39 is 0 Å². The Bertz CT molecular complexity index is 296. The second kappa shape index (κ2) is 5.36. The molecule has 1 aromatic heterocycles. The molecule has 0 fully saturated rings. The van der Waals surface area contributed by atoms with Gasteiger partial charge in [0.25, 0.3) is 0 Å². The van der Waals surface area contributed by atoms with E-state index in [2.05, 4.69) is 17.2 Å². The summed E-state index contributed by atoms with van der Waals surface area (Å²) in [5, 5.41) is 7.88. The summed E-state index contributed by atoms with van der Waals surface area (Å²) in [5.74, 6) is -0.258. The molecule has 0 unspecified atom stereocenters. The summed E-state index contributed by atoms with van der Waals surface area (Å²) in [6.45, 7) is 4.73. The summed E-state index contributed by atoms with van der Waals surface area (Å²) < 4.78 is 6.59. The Kier molecular flexibility index (Phi) is 4.10. The fourth-order valence-electron chi connectivity index (χ4n) is 1.09. The van der Waals surface area contributed by atoms with Crippen LogP contribution in [0.3, 0.4) is 0 Å². The number of hydrogen-bond donors (Lipinski definition) is 0. The summed E-state index contributed by atoms with van der Waals surface area (Å²) >= 11 is 0. The van der Waals surface area contributed by atoms with Gasteiger partial charge in [0.15, 0.2) is 0 Å². The van der Waals surface area contributed by atoms with Gasteiger partial charge in [-0.2, -0.15) is 0 Å². The van der Waals surface area contributed by atoms with Crippen molar-refractivity contribution >= 4 is 5.97 Å². The third kappa shape index (κ3) is 3.55. The number of ether oxygens (including phenoxy) is 1. The van der Waals surface area contributed by atoms with Gasteiger partial charge in [-0.3, -0.25) is 9.48 Å². The SMILES string of the molecule is CCCn1cc(CCOC(C)=O)nn1. The number of rotatable bonds is 5. The molecule has 0 aliphatic carbocycles. The zero-order valence-electron chi connectivity index (χ0n) is 8.56. The van der Waals surface area contributed by atoms with E-state index in [4.69, 9.17) is 4.74 Å². The van der Waals surface area contributed by atoms with Gasteiger partial charge in [-0.1, -0.05) is 12.1 Å². The van der Waals surface area contributed by atoms with Crippen LogP contribution < -0.4 is 0 Å². The normalized spacial score (nSPS) is 10.1. The lowest BCUT2D eigenvalue weighted by Crippen LogP contribution is -2.03. The maximum absolute atomic E-state index is 10.5. The van der Waals surface area contributed by atoms with Crippen LogP contribution in [0.2, 0.25) is 0 Å². The van der Waals surface area contributed by atoms with Crippen LogP contribution in [0.4, 0.5) is 0 Å². The molecule has 0 spiro atoms. The molecule has 0 saturated heterocycles. The minimum Gasteiger partial charge on any atom is -0.465 e. The summed E-state index contributed by atoms with van der Waals surface area (Å²) in [6, 6.07) is 0. The van der Waals surface area contributed by atoms with Crippen molar-refractivity contribution in [1.82, 2.24) is 15.0 Å². The number of aromatic nitrogens is 3. The molecule has 0 aliphatic rings. The molecule has 0 bridgehead atoms. The quantitative estimate of drug-likeness (QED) is 0.655. The molecule has 0 N–H and O–H groups in total. The van der Waals surface area contributed by atoms with Crippen molar-refractivity contribution in [3.05, 3.63) is 11.9 Å². The van der Waals surface area contributed by atoms with Crippen LogP contribution >= 0.6 is 0 Å². The van der Waals surface area contributed by atoms with Crippen LogP contribution in [0.15, 0.2) is 6.20 Å². The summed E-state index contributed by atoms with van der Waals surface area (Å²) in [4.78, 5) is 10.5. The van der Waals surface area contributed by atoms with E-state index >= 15 is 0 Å². The molecule has 5 nitrogen and oxygen atoms in total. The molecule has 78 valence electrons. The molecule has 1 rings (SSSR count). The number of carbonyl (C=O) groups excluding carboxylic acids is 1. The molecule has 0 saturated carbocycles. The van der Waals surface area contributed by atoms with Gasteiger partial charge in [-0.25, -0.2) is 0 Å². The summed E-state index contributed by atoms with van der Waals surface area (Å²) in [7, 11) is 0. The van der Waals surface area contributed by atoms with Crippen molar-refractivity contribution in [2.45, 2.75) is 33.2 Å². The first kappa shape index (κ1) is 10.7. The van der Waals surface area contributed by atoms with E-state index in [1.807, 2.05) is 6.20 Å². The highest BCUT2D eigenvalue weighted by Crippen LogP contribution is 1.96. The largest absolute Gasteiger partial charge is 0.465 e. The maximum Gasteiger partial charge on any atom is 0.302 e. The topological polar surface area (TPSA) is 57.0 Å². The lowest BCUT2D eigenvalue weighted by atomic mass is 10.3. The van der Waals surface area contributed by atoms with Crippen molar-refractivity contribution in [2.24, 2.45) is 0 Å². The minimum absolute atomic E-state index is 0.258. The maximum atomic E-state index is 10.5. The van der Waals surface area contributed by atoms with Gasteiger partial charge < -0.3 is 4.74 Å². The lowest BCUT2D eigenvalue weighted by molar-refractivity contribution is -0.140. The Labute approximate surface area is 83.1 Å². The predicted molar refractivity (Wildman–Crippen MR) is 50.7 cm³/mol. The standard InChI is InChI=1S/C9H15N3O2/c1-3-5-12-7-9(10-11-12)4-6-14-8(2)13/h7H,3-6H2,1-2H3. The van der Waals surface area contributed by atoms with Crippen LogP contribution in [-0.4, -0.2) is 27.6 Å². The fraction of sp³-hybridized carbons (Fsp3) is 0.667. The van der Waals surface area contributed by atoms with E-state index in [9.17, 15) is 4.79 Å². The lowest BCUT2D eigenvalue weighted by Gasteiger charge is -1.97. The Morgan fingerprint density at radius 3 is 3.07 bits per heavy atom. The van der Waals surface area contributed by atoms with Crippen molar-refractivity contribution < 1.29 is 9.53 Å². The molecule has 1 heterocycles. The van der Waals surface area contributed by atoms with Gasteiger partial charge in [0.2, 0.25) is 0 Å². The van der Waals surface area contributed by atoms with Crippen LogP contribution in [0.25, 0.3) is 0 Å². The number of nitrogens with zero attached hydrogens (tertiary/aromatic N) is 3. The Morgan fingerprint density at radius 2 is 2.43 bits per heavy atom. The smallest absolute Gasteiger partial charge is 0.302 e. The Hall–Kier alpha value is -1.39. The summed E-state index contributed by atoms with van der Waals surface area (Å²) in [6.07, 6.45) is 3.54. The number of carbonyl (C=O) groups is 1. The predicted octanol–water partition coefficient (Wildman–Crippen LogP) is 0.794. The van der Waals surface area contributed by atoms with Crippen molar-refractivity contribution in [2.75, 3.05) is 6.61 Å². The highest BCUT2D eigenvalue weighted by atomic mass is 16.5. The first-order valence-corrected chi connectivity index (χ1v) is 4.74. The average Bonchev–Trinajstić information content (AvgIpc) is 2.53. The van der Waals surface area contributed by atoms with E-state index in [0.717, 1.165) is 18.7 Å². The highest BCUT2D eigenvalue weighted by Gasteiger charge is 2.00. The fourth-order valence-corrected chi connectivity index (χ4v) is 1.09. The molecule has 0 amide bonds. The third-order valence-electron chi connectivity index (χ3n) is 1.70. The van der Waals surface area contributed by atoms with Gasteiger partial charge >= 0.3 is 5.97 Å². The molecule has 14 heavy (non-hydrogen) atoms. The van der Waals surface area contributed by atoms with Crippen molar-refractivity contribution in [1.29, 1.82) is 0 Å². The molecule has 0 radical (unpaired) electrons. The van der Waals surface area contributed by atoms with Crippen LogP contribution in [0.5, 0.6) is 0 Å². The van der Waals surface area contributed by atoms with Crippen LogP contribution in [0, 0.1) is 0 Å². The number of hydrogen-bond acceptors (Lipinski definition) is 4. The second-order valence-electron chi connectivity index (χ2n) is 3.06. The second-order valence-corrected chi connectivity index (χ2v) is 3.06.